The van der Waals surface area contributed by atoms with Crippen molar-refractivity contribution in [3.8, 4) is 0 Å². The lowest BCUT2D eigenvalue weighted by atomic mass is 10.0. The van der Waals surface area contributed by atoms with Crippen molar-refractivity contribution in [3.63, 3.8) is 0 Å². The summed E-state index contributed by atoms with van der Waals surface area (Å²) in [6.07, 6.45) is 5.09. The van der Waals surface area contributed by atoms with E-state index in [0.717, 1.165) is 24.8 Å². The van der Waals surface area contributed by atoms with Gasteiger partial charge in [-0.05, 0) is 43.2 Å². The number of aromatic nitrogens is 1. The van der Waals surface area contributed by atoms with Gasteiger partial charge in [0.15, 0.2) is 5.13 Å². The molecule has 3 aromatic rings. The summed E-state index contributed by atoms with van der Waals surface area (Å²) in [4.78, 5) is 18.1. The average molecular weight is 476 g/mol. The first-order valence-corrected chi connectivity index (χ1v) is 13.5. The molecule has 1 saturated heterocycles. The number of aryl methyl sites for hydroxylation is 1. The Kier molecular flexibility index (Phi) is 6.86. The zero-order chi connectivity index (χ0) is 21.8. The minimum Gasteiger partial charge on any atom is -0.361 e. The summed E-state index contributed by atoms with van der Waals surface area (Å²) in [5, 5.41) is 7.45. The molecule has 2 aromatic heterocycles. The minimum absolute atomic E-state index is 0.0241. The largest absolute Gasteiger partial charge is 0.361 e. The lowest BCUT2D eigenvalue weighted by molar-refractivity contribution is 0.104. The molecule has 1 N–H and O–H groups in total. The molecular formula is C22H25N3O3S3. The van der Waals surface area contributed by atoms with Crippen LogP contribution < -0.4 is 5.32 Å². The Bertz CT molecular complexity index is 1140. The van der Waals surface area contributed by atoms with Crippen molar-refractivity contribution in [1.82, 2.24) is 9.29 Å². The maximum absolute atomic E-state index is 13.0. The fourth-order valence-electron chi connectivity index (χ4n) is 3.88. The first-order chi connectivity index (χ1) is 15.0. The molecular weight excluding hydrogens is 450 g/mol. The fourth-order valence-corrected chi connectivity index (χ4v) is 7.42. The summed E-state index contributed by atoms with van der Waals surface area (Å²) in [5.41, 5.74) is 1.63. The van der Waals surface area contributed by atoms with E-state index in [-0.39, 0.29) is 11.8 Å². The number of ketones is 1. The molecule has 1 unspecified atom stereocenters. The molecule has 4 rings (SSSR count). The summed E-state index contributed by atoms with van der Waals surface area (Å²) in [5.74, 6) is -0.0241. The molecule has 6 nitrogen and oxygen atoms in total. The maximum Gasteiger partial charge on any atom is 0.244 e. The molecule has 164 valence electrons. The van der Waals surface area contributed by atoms with Gasteiger partial charge in [0.05, 0.1) is 16.0 Å². The molecule has 0 saturated carbocycles. The Hall–Kier alpha value is -2.07. The summed E-state index contributed by atoms with van der Waals surface area (Å²) in [6, 6.07) is 9.18. The van der Waals surface area contributed by atoms with Crippen molar-refractivity contribution in [2.45, 2.75) is 43.5 Å². The zero-order valence-corrected chi connectivity index (χ0v) is 19.7. The van der Waals surface area contributed by atoms with E-state index in [0.29, 0.717) is 40.0 Å². The van der Waals surface area contributed by atoms with E-state index in [4.69, 9.17) is 0 Å². The number of rotatable bonds is 8. The topological polar surface area (TPSA) is 79.4 Å². The number of nitrogens with zero attached hydrogens (tertiary/aromatic N) is 2. The van der Waals surface area contributed by atoms with Crippen LogP contribution in [0.3, 0.4) is 0 Å². The molecule has 0 spiro atoms. The number of nitrogens with one attached hydrogen (secondary N) is 1. The molecule has 1 aromatic carbocycles. The van der Waals surface area contributed by atoms with Gasteiger partial charge in [-0.15, -0.1) is 0 Å². The molecule has 1 fully saturated rings. The number of benzene rings is 1. The third kappa shape index (κ3) is 4.90. The van der Waals surface area contributed by atoms with Crippen molar-refractivity contribution in [2.24, 2.45) is 0 Å². The van der Waals surface area contributed by atoms with Crippen LogP contribution >= 0.6 is 22.7 Å². The molecule has 1 aliphatic heterocycles. The van der Waals surface area contributed by atoms with Gasteiger partial charge in [0, 0.05) is 30.1 Å². The second kappa shape index (κ2) is 9.60. The molecule has 3 heterocycles. The Balaban J connectivity index is 1.38. The molecule has 0 amide bonds. The highest BCUT2D eigenvalue weighted by atomic mass is 32.2. The van der Waals surface area contributed by atoms with Gasteiger partial charge in [-0.3, -0.25) is 4.79 Å². The van der Waals surface area contributed by atoms with Crippen LogP contribution in [0.25, 0.3) is 0 Å². The van der Waals surface area contributed by atoms with Crippen molar-refractivity contribution in [2.75, 3.05) is 18.4 Å². The van der Waals surface area contributed by atoms with E-state index in [1.54, 1.807) is 27.3 Å². The number of thiazole rings is 1. The van der Waals surface area contributed by atoms with Crippen LogP contribution in [0.4, 0.5) is 5.13 Å². The van der Waals surface area contributed by atoms with Crippen LogP contribution in [0.2, 0.25) is 0 Å². The maximum atomic E-state index is 13.0. The molecule has 31 heavy (non-hydrogen) atoms. The Morgan fingerprint density at radius 3 is 2.87 bits per heavy atom. The lowest BCUT2D eigenvalue weighted by Gasteiger charge is -2.34. The normalized spacial score (nSPS) is 17.5. The second-order valence-corrected chi connectivity index (χ2v) is 11.3. The zero-order valence-electron chi connectivity index (χ0n) is 17.3. The van der Waals surface area contributed by atoms with Crippen LogP contribution in [0.5, 0.6) is 0 Å². The number of carbonyl (C=O) groups excluding carboxylic acids is 1. The summed E-state index contributed by atoms with van der Waals surface area (Å²) in [6.45, 7) is 3.09. The summed E-state index contributed by atoms with van der Waals surface area (Å²) < 4.78 is 27.7. The SMILES string of the molecule is Cc1ccccc1C(=O)c1cnc(NCCC2CCCCN2S(=O)(=O)c2ccsc2)s1. The van der Waals surface area contributed by atoms with Gasteiger partial charge < -0.3 is 5.32 Å². The van der Waals surface area contributed by atoms with E-state index in [1.165, 1.54) is 22.7 Å². The quantitative estimate of drug-likeness (QED) is 0.474. The number of hydrogen-bond donors (Lipinski definition) is 1. The third-order valence-electron chi connectivity index (χ3n) is 5.55. The smallest absolute Gasteiger partial charge is 0.244 e. The van der Waals surface area contributed by atoms with Gasteiger partial charge in [0.25, 0.3) is 0 Å². The van der Waals surface area contributed by atoms with E-state index >= 15 is 0 Å². The number of hydrogen-bond acceptors (Lipinski definition) is 7. The third-order valence-corrected chi connectivity index (χ3v) is 9.28. The monoisotopic (exact) mass is 475 g/mol. The lowest BCUT2D eigenvalue weighted by Crippen LogP contribution is -2.44. The summed E-state index contributed by atoms with van der Waals surface area (Å²) in [7, 11) is -3.45. The minimum atomic E-state index is -3.45. The second-order valence-electron chi connectivity index (χ2n) is 7.61. The number of carbonyl (C=O) groups is 1. The van der Waals surface area contributed by atoms with Crippen molar-refractivity contribution in [1.29, 1.82) is 0 Å². The molecule has 0 aliphatic carbocycles. The number of anilines is 1. The Morgan fingerprint density at radius 1 is 1.26 bits per heavy atom. The van der Waals surface area contributed by atoms with Gasteiger partial charge in [-0.2, -0.15) is 15.6 Å². The van der Waals surface area contributed by atoms with Crippen LogP contribution in [-0.2, 0) is 10.0 Å². The molecule has 1 aliphatic rings. The van der Waals surface area contributed by atoms with Gasteiger partial charge in [-0.25, -0.2) is 13.4 Å². The number of thiophene rings is 1. The van der Waals surface area contributed by atoms with Crippen LogP contribution in [0.1, 0.15) is 46.5 Å². The highest BCUT2D eigenvalue weighted by molar-refractivity contribution is 7.89. The van der Waals surface area contributed by atoms with E-state index < -0.39 is 10.0 Å². The Morgan fingerprint density at radius 2 is 2.10 bits per heavy atom. The van der Waals surface area contributed by atoms with E-state index in [9.17, 15) is 13.2 Å². The number of piperidine rings is 1. The predicted octanol–water partition coefficient (Wildman–Crippen LogP) is 4.79. The Labute approximate surface area is 191 Å². The standard InChI is InChI=1S/C22H25N3O3S3/c1-16-6-2-3-8-19(16)21(26)20-14-24-22(30-20)23-11-9-17-7-4-5-12-25(17)31(27,28)18-10-13-29-15-18/h2-3,6,8,10,13-15,17H,4-5,7,9,11-12H2,1H3,(H,23,24). The van der Waals surface area contributed by atoms with E-state index in [2.05, 4.69) is 10.3 Å². The predicted molar refractivity (Wildman–Crippen MR) is 126 cm³/mol. The van der Waals surface area contributed by atoms with E-state index in [1.807, 2.05) is 31.2 Å². The van der Waals surface area contributed by atoms with Crippen LogP contribution in [-0.4, -0.2) is 42.6 Å². The van der Waals surface area contributed by atoms with Gasteiger partial charge in [0.1, 0.15) is 0 Å². The first-order valence-electron chi connectivity index (χ1n) is 10.3. The number of sulfonamides is 1. The van der Waals surface area contributed by atoms with Crippen molar-refractivity contribution >= 4 is 43.6 Å². The molecule has 0 radical (unpaired) electrons. The first kappa shape index (κ1) is 22.1. The summed E-state index contributed by atoms with van der Waals surface area (Å²) >= 11 is 2.73. The molecule has 0 bridgehead atoms. The van der Waals surface area contributed by atoms with Crippen LogP contribution in [0.15, 0.2) is 52.2 Å². The van der Waals surface area contributed by atoms with Gasteiger partial charge >= 0.3 is 0 Å². The van der Waals surface area contributed by atoms with Crippen LogP contribution in [0, 0.1) is 6.92 Å². The highest BCUT2D eigenvalue weighted by Crippen LogP contribution is 2.28. The average Bonchev–Trinajstić information content (AvgIpc) is 3.47. The molecule has 9 heteroatoms. The van der Waals surface area contributed by atoms with Crippen molar-refractivity contribution < 1.29 is 13.2 Å². The van der Waals surface area contributed by atoms with Gasteiger partial charge in [0.2, 0.25) is 15.8 Å². The van der Waals surface area contributed by atoms with Crippen molar-refractivity contribution in [3.05, 3.63) is 63.3 Å². The fraction of sp³-hybridized carbons (Fsp3) is 0.364. The van der Waals surface area contributed by atoms with Gasteiger partial charge in [-0.1, -0.05) is 42.0 Å². The molecule has 1 atom stereocenters. The highest BCUT2D eigenvalue weighted by Gasteiger charge is 2.33.